The van der Waals surface area contributed by atoms with Crippen LogP contribution in [0.4, 0.5) is 4.79 Å². The van der Waals surface area contributed by atoms with E-state index in [0.717, 1.165) is 42.4 Å². The maximum absolute atomic E-state index is 15.1. The molecular formula is C49H60N4O10. The van der Waals surface area contributed by atoms with E-state index in [1.165, 1.54) is 0 Å². The number of aliphatic hydroxyl groups excluding tert-OH is 3. The Morgan fingerprint density at radius 2 is 1.76 bits per heavy atom. The second-order valence-corrected chi connectivity index (χ2v) is 16.0. The first-order valence-electron chi connectivity index (χ1n) is 22.0. The van der Waals surface area contributed by atoms with Crippen LogP contribution in [0.1, 0.15) is 84.8 Å². The number of amides is 2. The molecule has 1 fully saturated rings. The third kappa shape index (κ3) is 11.2. The van der Waals surface area contributed by atoms with Crippen LogP contribution in [0.5, 0.6) is 11.5 Å². The molecule has 4 N–H and O–H groups in total. The molecule has 3 aromatic rings. The van der Waals surface area contributed by atoms with Crippen molar-refractivity contribution in [1.29, 1.82) is 5.26 Å². The topological polar surface area (TPSA) is 192 Å². The Kier molecular flexibility index (Phi) is 17.3. The minimum Gasteiger partial charge on any atom is -0.459 e. The number of unbranched alkanes of at least 4 members (excludes halogenated alkanes) is 2. The summed E-state index contributed by atoms with van der Waals surface area (Å²) in [5, 5.41) is 46.6. The smallest absolute Gasteiger partial charge is 0.412 e. The van der Waals surface area contributed by atoms with E-state index in [9.17, 15) is 25.4 Å². The van der Waals surface area contributed by atoms with E-state index in [1.807, 2.05) is 43.3 Å². The molecule has 14 heteroatoms. The molecule has 6 unspecified atom stereocenters. The van der Waals surface area contributed by atoms with Gasteiger partial charge in [-0.1, -0.05) is 60.5 Å². The van der Waals surface area contributed by atoms with Crippen LogP contribution in [-0.4, -0.2) is 102 Å². The fourth-order valence-corrected chi connectivity index (χ4v) is 9.34. The van der Waals surface area contributed by atoms with Gasteiger partial charge in [-0.2, -0.15) is 5.26 Å². The molecule has 6 atom stereocenters. The zero-order valence-corrected chi connectivity index (χ0v) is 36.0. The molecule has 2 aliphatic carbocycles. The zero-order valence-electron chi connectivity index (χ0n) is 36.0. The Balaban J connectivity index is 1.60. The summed E-state index contributed by atoms with van der Waals surface area (Å²) in [7, 11) is 0. The van der Waals surface area contributed by atoms with Crippen LogP contribution in [0.15, 0.2) is 102 Å². The largest absolute Gasteiger partial charge is 0.459 e. The number of benzene rings is 3. The summed E-state index contributed by atoms with van der Waals surface area (Å²) in [5.74, 6) is -2.11. The van der Waals surface area contributed by atoms with Crippen LogP contribution in [0.25, 0.3) is 0 Å². The molecule has 0 spiro atoms. The molecular weight excluding hydrogens is 805 g/mol. The lowest BCUT2D eigenvalue weighted by atomic mass is 9.55. The van der Waals surface area contributed by atoms with Crippen LogP contribution in [-0.2, 0) is 20.9 Å². The van der Waals surface area contributed by atoms with Crippen molar-refractivity contribution in [2.75, 3.05) is 52.7 Å². The zero-order chi connectivity index (χ0) is 44.6. The molecule has 63 heavy (non-hydrogen) atoms. The fourth-order valence-electron chi connectivity index (χ4n) is 9.34. The van der Waals surface area contributed by atoms with E-state index >= 15 is 4.79 Å². The summed E-state index contributed by atoms with van der Waals surface area (Å²) in [6.07, 6.45) is 7.66. The summed E-state index contributed by atoms with van der Waals surface area (Å²) < 4.78 is 25.9. The number of hydrogen-bond donors (Lipinski definition) is 4. The molecule has 336 valence electrons. The highest BCUT2D eigenvalue weighted by Gasteiger charge is 2.65. The number of carbonyl (C=O) groups is 2. The van der Waals surface area contributed by atoms with Crippen molar-refractivity contribution in [3.63, 3.8) is 0 Å². The normalized spacial score (nSPS) is 22.7. The third-order valence-corrected chi connectivity index (χ3v) is 12.0. The lowest BCUT2D eigenvalue weighted by Gasteiger charge is -2.60. The fraction of sp³-hybridized carbons (Fsp3) is 0.469. The van der Waals surface area contributed by atoms with Gasteiger partial charge < -0.3 is 49.3 Å². The van der Waals surface area contributed by atoms with E-state index in [4.69, 9.17) is 28.9 Å². The Morgan fingerprint density at radius 3 is 2.46 bits per heavy atom. The number of allylic oxidation sites excluding steroid dienone is 1. The van der Waals surface area contributed by atoms with Gasteiger partial charge >= 0.3 is 6.09 Å². The van der Waals surface area contributed by atoms with Crippen LogP contribution in [0.3, 0.4) is 0 Å². The van der Waals surface area contributed by atoms with Gasteiger partial charge in [0.05, 0.1) is 49.7 Å². The second kappa shape index (κ2) is 23.2. The highest BCUT2D eigenvalue weighted by Crippen LogP contribution is 2.62. The van der Waals surface area contributed by atoms with Gasteiger partial charge in [-0.3, -0.25) is 4.79 Å². The molecule has 0 saturated heterocycles. The van der Waals surface area contributed by atoms with Crippen molar-refractivity contribution in [2.24, 2.45) is 22.9 Å². The van der Waals surface area contributed by atoms with E-state index in [2.05, 4.69) is 24.0 Å². The van der Waals surface area contributed by atoms with Crippen molar-refractivity contribution in [1.82, 2.24) is 10.2 Å². The summed E-state index contributed by atoms with van der Waals surface area (Å²) >= 11 is 0. The summed E-state index contributed by atoms with van der Waals surface area (Å²) in [6, 6.07) is 22.7. The third-order valence-electron chi connectivity index (χ3n) is 12.0. The number of rotatable bonds is 23. The van der Waals surface area contributed by atoms with Gasteiger partial charge in [-0.15, -0.1) is 6.58 Å². The minimum absolute atomic E-state index is 0.0124. The quantitative estimate of drug-likeness (QED) is 0.0453. The maximum atomic E-state index is 15.1. The molecule has 1 aliphatic heterocycles. The van der Waals surface area contributed by atoms with Gasteiger partial charge in [-0.25, -0.2) is 4.79 Å². The van der Waals surface area contributed by atoms with Gasteiger partial charge in [0.25, 0.3) is 5.91 Å². The molecule has 0 bridgehead atoms. The van der Waals surface area contributed by atoms with E-state index in [-0.39, 0.29) is 82.9 Å². The van der Waals surface area contributed by atoms with Crippen LogP contribution < -0.4 is 14.8 Å². The first kappa shape index (κ1) is 46.9. The molecule has 3 aliphatic rings. The summed E-state index contributed by atoms with van der Waals surface area (Å²) in [6.45, 7) is 6.59. The average molecular weight is 865 g/mol. The Labute approximate surface area is 369 Å². The Hall–Kier alpha value is -5.56. The minimum atomic E-state index is -1.55. The molecule has 6 rings (SSSR count). The number of oxime groups is 1. The molecule has 0 aromatic heterocycles. The molecule has 3 aromatic carbocycles. The van der Waals surface area contributed by atoms with Crippen LogP contribution in [0.2, 0.25) is 0 Å². The number of nitrogens with zero attached hydrogens (tertiary/aromatic N) is 3. The average Bonchev–Trinajstić information content (AvgIpc) is 3.30. The molecule has 2 amide bonds. The SMILES string of the molecule is C=CCOC12Oc3ccc(OC(=O)NCC)cc3C3C(CCCCO)C(CCCCO)C=C(C(=NOCc4ccccc4)CC1N(CCOCCO)C(=O)c1ccc(C#N)cc1)C32. The van der Waals surface area contributed by atoms with Crippen molar-refractivity contribution in [3.05, 3.63) is 119 Å². The number of carbonyl (C=O) groups excluding carboxylic acids is 2. The summed E-state index contributed by atoms with van der Waals surface area (Å²) in [5.41, 5.74) is 3.93. The predicted molar refractivity (Wildman–Crippen MR) is 236 cm³/mol. The summed E-state index contributed by atoms with van der Waals surface area (Å²) in [4.78, 5) is 35.7. The maximum Gasteiger partial charge on any atom is 0.412 e. The van der Waals surface area contributed by atoms with Crippen molar-refractivity contribution in [3.8, 4) is 17.6 Å². The van der Waals surface area contributed by atoms with E-state index in [1.54, 1.807) is 47.4 Å². The monoisotopic (exact) mass is 864 g/mol. The number of aliphatic hydroxyl groups is 3. The van der Waals surface area contributed by atoms with Gasteiger partial charge in [0.1, 0.15) is 24.1 Å². The highest BCUT2D eigenvalue weighted by atomic mass is 16.7. The molecule has 14 nitrogen and oxygen atoms in total. The number of nitriles is 1. The van der Waals surface area contributed by atoms with Gasteiger partial charge in [0.15, 0.2) is 0 Å². The molecule has 1 saturated carbocycles. The van der Waals surface area contributed by atoms with Gasteiger partial charge in [0.2, 0.25) is 5.79 Å². The lowest BCUT2D eigenvalue weighted by molar-refractivity contribution is -0.254. The highest BCUT2D eigenvalue weighted by molar-refractivity contribution is 6.03. The number of hydrogen-bond acceptors (Lipinski definition) is 12. The standard InChI is InChI=1S/C49H60N4O10/c1-3-26-60-49-44(53(22-27-59-28-25-56)47(57)36-18-16-34(32-50)17-19-36)31-42(52-61-33-35-12-6-5-7-13-35)40-29-37(14-8-10-23-54)39(15-9-11-24-55)45(46(40)49)41-30-38(20-21-43(41)63-49)62-48(58)51-4-2/h3,5-7,12-13,16-21,29-30,37,39,44-46,54-56H,1,4,8-11,14-15,22-28,31,33H2,2H3,(H,51,58). The number of ether oxygens (including phenoxy) is 4. The second-order valence-electron chi connectivity index (χ2n) is 16.0. The van der Waals surface area contributed by atoms with Gasteiger partial charge in [-0.05, 0) is 98.0 Å². The molecule has 0 radical (unpaired) electrons. The predicted octanol–water partition coefficient (Wildman–Crippen LogP) is 6.65. The van der Waals surface area contributed by atoms with Crippen molar-refractivity contribution in [2.45, 2.75) is 76.2 Å². The van der Waals surface area contributed by atoms with E-state index < -0.39 is 23.8 Å². The number of nitrogens with one attached hydrogen (secondary N) is 1. The van der Waals surface area contributed by atoms with Crippen LogP contribution in [0, 0.1) is 29.1 Å². The number of fused-ring (bicyclic) bond motifs is 2. The first-order valence-corrected chi connectivity index (χ1v) is 22.0. The van der Waals surface area contributed by atoms with Crippen molar-refractivity contribution >= 4 is 17.7 Å². The van der Waals surface area contributed by atoms with Crippen molar-refractivity contribution < 1.29 is 48.7 Å². The lowest BCUT2D eigenvalue weighted by Crippen LogP contribution is -2.70. The molecule has 1 heterocycles. The van der Waals surface area contributed by atoms with Gasteiger partial charge in [0, 0.05) is 49.8 Å². The Morgan fingerprint density at radius 1 is 1.00 bits per heavy atom. The first-order chi connectivity index (χ1) is 30.8. The Bertz CT molecular complexity index is 2090. The van der Waals surface area contributed by atoms with Crippen LogP contribution >= 0.6 is 0 Å². The van der Waals surface area contributed by atoms with E-state index in [0.29, 0.717) is 47.7 Å².